The van der Waals surface area contributed by atoms with Gasteiger partial charge < -0.3 is 10.4 Å². The number of anilines is 1. The molecule has 2 N–H and O–H groups in total. The van der Waals surface area contributed by atoms with Crippen molar-refractivity contribution in [3.63, 3.8) is 0 Å². The molecule has 1 aliphatic carbocycles. The Morgan fingerprint density at radius 2 is 2.05 bits per heavy atom. The maximum absolute atomic E-state index is 10.0. The zero-order valence-corrected chi connectivity index (χ0v) is 12.9. The Morgan fingerprint density at radius 1 is 1.20 bits per heavy atom. The van der Waals surface area contributed by atoms with Crippen molar-refractivity contribution in [2.45, 2.75) is 31.8 Å². The van der Waals surface area contributed by atoms with Crippen molar-refractivity contribution in [3.05, 3.63) is 34.9 Å². The molecule has 2 atom stereocenters. The summed E-state index contributed by atoms with van der Waals surface area (Å²) in [6.45, 7) is 0.791. The Kier molecular flexibility index (Phi) is 4.22. The van der Waals surface area contributed by atoms with E-state index in [1.54, 1.807) is 0 Å². The van der Waals surface area contributed by atoms with Crippen LogP contribution in [0.25, 0.3) is 10.8 Å². The summed E-state index contributed by atoms with van der Waals surface area (Å²) >= 11 is 3.57. The van der Waals surface area contributed by atoms with Gasteiger partial charge in [-0.1, -0.05) is 40.9 Å². The van der Waals surface area contributed by atoms with Crippen molar-refractivity contribution in [1.82, 2.24) is 4.98 Å². The van der Waals surface area contributed by atoms with Gasteiger partial charge in [-0.3, -0.25) is 0 Å². The highest BCUT2D eigenvalue weighted by Crippen LogP contribution is 2.29. The Bertz CT molecular complexity index is 602. The number of hydrogen-bond donors (Lipinski definition) is 2. The molecule has 0 spiro atoms. The van der Waals surface area contributed by atoms with E-state index in [0.29, 0.717) is 5.92 Å². The van der Waals surface area contributed by atoms with E-state index in [0.717, 1.165) is 46.9 Å². The fraction of sp³-hybridized carbons (Fsp3) is 0.438. The van der Waals surface area contributed by atoms with E-state index in [1.165, 1.54) is 6.42 Å². The van der Waals surface area contributed by atoms with Crippen LogP contribution in [0, 0.1) is 5.92 Å². The molecule has 0 aliphatic heterocycles. The number of aliphatic hydroxyl groups excluding tert-OH is 1. The predicted octanol–water partition coefficient (Wildman–Crippen LogP) is 3.96. The van der Waals surface area contributed by atoms with E-state index in [4.69, 9.17) is 0 Å². The lowest BCUT2D eigenvalue weighted by Gasteiger charge is -2.28. The molecule has 1 saturated carbocycles. The van der Waals surface area contributed by atoms with Crippen LogP contribution in [-0.4, -0.2) is 22.7 Å². The summed E-state index contributed by atoms with van der Waals surface area (Å²) in [6, 6.07) is 8.15. The third kappa shape index (κ3) is 2.81. The minimum atomic E-state index is -0.169. The van der Waals surface area contributed by atoms with E-state index in [2.05, 4.69) is 32.3 Å². The molecule has 2 aromatic rings. The smallest absolute Gasteiger partial charge is 0.133 e. The molecule has 1 aliphatic rings. The van der Waals surface area contributed by atoms with Gasteiger partial charge in [0.2, 0.25) is 0 Å². The molecule has 1 fully saturated rings. The van der Waals surface area contributed by atoms with Gasteiger partial charge in [-0.25, -0.2) is 4.98 Å². The number of aliphatic hydroxyl groups is 1. The number of rotatable bonds is 3. The molecule has 2 unspecified atom stereocenters. The van der Waals surface area contributed by atoms with E-state index in [9.17, 15) is 5.11 Å². The van der Waals surface area contributed by atoms with E-state index in [1.807, 2.05) is 24.4 Å². The highest BCUT2D eigenvalue weighted by Gasteiger charge is 2.22. The van der Waals surface area contributed by atoms with Gasteiger partial charge in [0.1, 0.15) is 5.82 Å². The first-order valence-electron chi connectivity index (χ1n) is 7.21. The maximum atomic E-state index is 10.0. The fourth-order valence-electron chi connectivity index (χ4n) is 2.96. The van der Waals surface area contributed by atoms with Crippen LogP contribution >= 0.6 is 15.9 Å². The molecular weight excluding hydrogens is 316 g/mol. The molecule has 1 heterocycles. The van der Waals surface area contributed by atoms with Crippen LogP contribution in [0.3, 0.4) is 0 Å². The molecular formula is C16H19BrN2O. The average Bonchev–Trinajstić information content (AvgIpc) is 2.47. The minimum absolute atomic E-state index is 0.169. The van der Waals surface area contributed by atoms with Gasteiger partial charge in [-0.05, 0) is 25.0 Å². The van der Waals surface area contributed by atoms with Crippen LogP contribution < -0.4 is 5.32 Å². The fourth-order valence-corrected chi connectivity index (χ4v) is 3.46. The van der Waals surface area contributed by atoms with Crippen molar-refractivity contribution < 1.29 is 5.11 Å². The van der Waals surface area contributed by atoms with Crippen LogP contribution in [0.5, 0.6) is 0 Å². The zero-order valence-electron chi connectivity index (χ0n) is 11.3. The molecule has 0 amide bonds. The second-order valence-electron chi connectivity index (χ2n) is 5.49. The molecule has 0 saturated heterocycles. The van der Waals surface area contributed by atoms with Crippen LogP contribution in [-0.2, 0) is 0 Å². The molecule has 106 valence electrons. The van der Waals surface area contributed by atoms with Gasteiger partial charge in [-0.2, -0.15) is 0 Å². The minimum Gasteiger partial charge on any atom is -0.393 e. The molecule has 4 heteroatoms. The average molecular weight is 335 g/mol. The molecule has 3 nitrogen and oxygen atoms in total. The Labute approximate surface area is 127 Å². The monoisotopic (exact) mass is 334 g/mol. The summed E-state index contributed by atoms with van der Waals surface area (Å²) in [6.07, 6.45) is 6.06. The van der Waals surface area contributed by atoms with Crippen molar-refractivity contribution >= 4 is 32.5 Å². The highest BCUT2D eigenvalue weighted by molar-refractivity contribution is 9.10. The van der Waals surface area contributed by atoms with Gasteiger partial charge in [0.05, 0.1) is 6.10 Å². The largest absolute Gasteiger partial charge is 0.393 e. The van der Waals surface area contributed by atoms with Gasteiger partial charge in [0, 0.05) is 33.9 Å². The van der Waals surface area contributed by atoms with Crippen molar-refractivity contribution in [3.8, 4) is 0 Å². The Balaban J connectivity index is 1.79. The lowest BCUT2D eigenvalue weighted by atomic mass is 9.86. The molecule has 0 radical (unpaired) electrons. The first kappa shape index (κ1) is 13.8. The van der Waals surface area contributed by atoms with Gasteiger partial charge in [-0.15, -0.1) is 0 Å². The third-order valence-electron chi connectivity index (χ3n) is 4.15. The number of nitrogens with one attached hydrogen (secondary N) is 1. The van der Waals surface area contributed by atoms with Crippen LogP contribution in [0.15, 0.2) is 34.9 Å². The standard InChI is InChI=1S/C16H19BrN2O/c17-14-6-3-5-13-12(14)8-9-18-16(13)19-10-11-4-1-2-7-15(11)20/h3,5-6,8-9,11,15,20H,1-2,4,7,10H2,(H,18,19). The number of aromatic nitrogens is 1. The summed E-state index contributed by atoms with van der Waals surface area (Å²) in [5.41, 5.74) is 0. The zero-order chi connectivity index (χ0) is 13.9. The first-order valence-corrected chi connectivity index (χ1v) is 8.00. The van der Waals surface area contributed by atoms with Gasteiger partial charge in [0.15, 0.2) is 0 Å². The van der Waals surface area contributed by atoms with Crippen LogP contribution in [0.2, 0.25) is 0 Å². The number of fused-ring (bicyclic) bond motifs is 1. The van der Waals surface area contributed by atoms with Crippen LogP contribution in [0.4, 0.5) is 5.82 Å². The molecule has 1 aromatic heterocycles. The van der Waals surface area contributed by atoms with Crippen molar-refractivity contribution in [2.75, 3.05) is 11.9 Å². The third-order valence-corrected chi connectivity index (χ3v) is 4.85. The van der Waals surface area contributed by atoms with Crippen molar-refractivity contribution in [2.24, 2.45) is 5.92 Å². The number of halogens is 1. The Hall–Kier alpha value is -1.13. The second-order valence-corrected chi connectivity index (χ2v) is 6.34. The second kappa shape index (κ2) is 6.10. The normalized spacial score (nSPS) is 22.9. The van der Waals surface area contributed by atoms with E-state index < -0.39 is 0 Å². The summed E-state index contributed by atoms with van der Waals surface area (Å²) in [5, 5.41) is 15.7. The summed E-state index contributed by atoms with van der Waals surface area (Å²) < 4.78 is 1.08. The lowest BCUT2D eigenvalue weighted by molar-refractivity contribution is 0.0763. The van der Waals surface area contributed by atoms with E-state index >= 15 is 0 Å². The maximum Gasteiger partial charge on any atom is 0.133 e. The molecule has 20 heavy (non-hydrogen) atoms. The summed E-state index contributed by atoms with van der Waals surface area (Å²) in [4.78, 5) is 4.44. The lowest BCUT2D eigenvalue weighted by Crippen LogP contribution is -2.30. The first-order chi connectivity index (χ1) is 9.75. The quantitative estimate of drug-likeness (QED) is 0.892. The predicted molar refractivity (Wildman–Crippen MR) is 85.9 cm³/mol. The van der Waals surface area contributed by atoms with Crippen LogP contribution in [0.1, 0.15) is 25.7 Å². The number of hydrogen-bond acceptors (Lipinski definition) is 3. The highest BCUT2D eigenvalue weighted by atomic mass is 79.9. The van der Waals surface area contributed by atoms with Gasteiger partial charge in [0.25, 0.3) is 0 Å². The molecule has 1 aromatic carbocycles. The number of pyridine rings is 1. The number of benzene rings is 1. The van der Waals surface area contributed by atoms with Crippen molar-refractivity contribution in [1.29, 1.82) is 0 Å². The summed E-state index contributed by atoms with van der Waals surface area (Å²) in [7, 11) is 0. The van der Waals surface area contributed by atoms with E-state index in [-0.39, 0.29) is 6.10 Å². The number of nitrogens with zero attached hydrogens (tertiary/aromatic N) is 1. The molecule has 0 bridgehead atoms. The Morgan fingerprint density at radius 3 is 2.90 bits per heavy atom. The SMILES string of the molecule is OC1CCCCC1CNc1nccc2c(Br)cccc12. The topological polar surface area (TPSA) is 45.1 Å². The molecule has 3 rings (SSSR count). The van der Waals surface area contributed by atoms with Gasteiger partial charge >= 0.3 is 0 Å². The summed E-state index contributed by atoms with van der Waals surface area (Å²) in [5.74, 6) is 1.24.